The highest BCUT2D eigenvalue weighted by molar-refractivity contribution is 9.10. The van der Waals surface area contributed by atoms with E-state index in [4.69, 9.17) is 4.74 Å². The Bertz CT molecular complexity index is 542. The molecule has 114 valence electrons. The van der Waals surface area contributed by atoms with Crippen molar-refractivity contribution in [1.82, 2.24) is 14.9 Å². The van der Waals surface area contributed by atoms with E-state index in [9.17, 15) is 0 Å². The van der Waals surface area contributed by atoms with Gasteiger partial charge in [-0.15, -0.1) is 0 Å². The molecule has 1 aromatic carbocycles. The predicted octanol–water partition coefficient (Wildman–Crippen LogP) is 3.79. The van der Waals surface area contributed by atoms with E-state index in [0.29, 0.717) is 6.04 Å². The monoisotopic (exact) mass is 351 g/mol. The third-order valence-corrected chi connectivity index (χ3v) is 4.15. The largest absolute Gasteiger partial charge is 0.496 e. The maximum Gasteiger partial charge on any atom is 0.133 e. The van der Waals surface area contributed by atoms with Gasteiger partial charge in [0.15, 0.2) is 0 Å². The first-order valence-corrected chi connectivity index (χ1v) is 8.02. The minimum absolute atomic E-state index is 0.334. The predicted molar refractivity (Wildman–Crippen MR) is 88.6 cm³/mol. The molecule has 1 heterocycles. The molecule has 0 bridgehead atoms. The average Bonchev–Trinajstić information content (AvgIpc) is 3.00. The number of halogens is 1. The van der Waals surface area contributed by atoms with E-state index >= 15 is 0 Å². The van der Waals surface area contributed by atoms with Gasteiger partial charge in [-0.2, -0.15) is 0 Å². The molecule has 1 aromatic heterocycles. The molecule has 5 heteroatoms. The van der Waals surface area contributed by atoms with Gasteiger partial charge in [-0.3, -0.25) is 0 Å². The quantitative estimate of drug-likeness (QED) is 0.735. The molecule has 1 atom stereocenters. The minimum atomic E-state index is 0.334. The number of ether oxygens (including phenoxy) is 1. The number of benzene rings is 1. The molecule has 1 N–H and O–H groups in total. The van der Waals surface area contributed by atoms with Crippen LogP contribution in [0.2, 0.25) is 0 Å². The Morgan fingerprint density at radius 1 is 1.38 bits per heavy atom. The normalized spacial score (nSPS) is 12.3. The fraction of sp³-hybridized carbons (Fsp3) is 0.438. The summed E-state index contributed by atoms with van der Waals surface area (Å²) >= 11 is 3.53. The summed E-state index contributed by atoms with van der Waals surface area (Å²) in [5.74, 6) is 0.867. The summed E-state index contributed by atoms with van der Waals surface area (Å²) in [7, 11) is 1.68. The molecule has 2 rings (SSSR count). The van der Waals surface area contributed by atoms with Gasteiger partial charge in [-0.05, 0) is 59.9 Å². The molecule has 4 nitrogen and oxygen atoms in total. The smallest absolute Gasteiger partial charge is 0.133 e. The summed E-state index contributed by atoms with van der Waals surface area (Å²) < 4.78 is 8.37. The lowest BCUT2D eigenvalue weighted by atomic mass is 10.1. The number of aromatic nitrogens is 2. The third-order valence-electron chi connectivity index (χ3n) is 3.53. The van der Waals surface area contributed by atoms with Crippen LogP contribution in [0.4, 0.5) is 0 Å². The van der Waals surface area contributed by atoms with Crippen molar-refractivity contribution in [3.63, 3.8) is 0 Å². The molecular formula is C16H22BrN3O. The topological polar surface area (TPSA) is 39.1 Å². The lowest BCUT2D eigenvalue weighted by Gasteiger charge is -2.15. The number of hydrogen-bond acceptors (Lipinski definition) is 3. The van der Waals surface area contributed by atoms with Gasteiger partial charge >= 0.3 is 0 Å². The summed E-state index contributed by atoms with van der Waals surface area (Å²) in [4.78, 5) is 4.04. The first kappa shape index (κ1) is 16.0. The molecule has 21 heavy (non-hydrogen) atoms. The molecule has 0 fully saturated rings. The van der Waals surface area contributed by atoms with Gasteiger partial charge < -0.3 is 14.6 Å². The zero-order chi connectivity index (χ0) is 15.1. The van der Waals surface area contributed by atoms with E-state index in [1.165, 1.54) is 5.56 Å². The van der Waals surface area contributed by atoms with Gasteiger partial charge in [0.1, 0.15) is 5.75 Å². The Balaban J connectivity index is 1.71. The molecule has 0 amide bonds. The van der Waals surface area contributed by atoms with E-state index in [1.807, 2.05) is 24.8 Å². The Morgan fingerprint density at radius 2 is 2.24 bits per heavy atom. The van der Waals surface area contributed by atoms with E-state index in [1.54, 1.807) is 7.11 Å². The molecule has 0 saturated heterocycles. The fourth-order valence-electron chi connectivity index (χ4n) is 2.23. The maximum atomic E-state index is 5.25. The van der Waals surface area contributed by atoms with E-state index in [-0.39, 0.29) is 0 Å². The molecule has 0 spiro atoms. The first-order chi connectivity index (χ1) is 10.2. The van der Waals surface area contributed by atoms with Crippen LogP contribution in [-0.4, -0.2) is 23.2 Å². The number of imidazole rings is 1. The van der Waals surface area contributed by atoms with Crippen molar-refractivity contribution in [3.8, 4) is 5.75 Å². The first-order valence-electron chi connectivity index (χ1n) is 7.23. The van der Waals surface area contributed by atoms with Crippen LogP contribution >= 0.6 is 15.9 Å². The number of unbranched alkanes of at least 4 members (excludes halogenated alkanes) is 1. The second kappa shape index (κ2) is 8.20. The Hall–Kier alpha value is -1.33. The number of methoxy groups -OCH3 is 1. The van der Waals surface area contributed by atoms with Crippen molar-refractivity contribution in [1.29, 1.82) is 0 Å². The lowest BCUT2D eigenvalue weighted by molar-refractivity contribution is 0.411. The van der Waals surface area contributed by atoms with Crippen LogP contribution in [0, 0.1) is 0 Å². The minimum Gasteiger partial charge on any atom is -0.496 e. The zero-order valence-corrected chi connectivity index (χ0v) is 14.1. The van der Waals surface area contributed by atoms with Crippen molar-refractivity contribution in [3.05, 3.63) is 47.0 Å². The standard InChI is InChI=1S/C16H22BrN3O/c1-13(14-5-6-16(21-2)15(17)11-14)19-7-3-4-9-20-10-8-18-12-20/h5-6,8,10-13,19H,3-4,7,9H2,1-2H3. The van der Waals surface area contributed by atoms with Crippen molar-refractivity contribution in [2.45, 2.75) is 32.4 Å². The van der Waals surface area contributed by atoms with Crippen LogP contribution in [0.3, 0.4) is 0 Å². The average molecular weight is 352 g/mol. The van der Waals surface area contributed by atoms with Crippen LogP contribution in [0.5, 0.6) is 5.75 Å². The van der Waals surface area contributed by atoms with Gasteiger partial charge in [-0.25, -0.2) is 4.98 Å². The lowest BCUT2D eigenvalue weighted by Crippen LogP contribution is -2.20. The van der Waals surface area contributed by atoms with Crippen molar-refractivity contribution in [2.24, 2.45) is 0 Å². The van der Waals surface area contributed by atoms with Crippen LogP contribution in [-0.2, 0) is 6.54 Å². The third kappa shape index (κ3) is 4.86. The summed E-state index contributed by atoms with van der Waals surface area (Å²) in [5, 5.41) is 3.56. The number of nitrogens with one attached hydrogen (secondary N) is 1. The summed E-state index contributed by atoms with van der Waals surface area (Å²) in [6, 6.07) is 6.55. The van der Waals surface area contributed by atoms with Gasteiger partial charge in [0, 0.05) is 25.0 Å². The summed E-state index contributed by atoms with van der Waals surface area (Å²) in [6.07, 6.45) is 8.00. The summed E-state index contributed by atoms with van der Waals surface area (Å²) in [6.45, 7) is 4.23. The van der Waals surface area contributed by atoms with E-state index in [2.05, 4.69) is 49.9 Å². The highest BCUT2D eigenvalue weighted by Gasteiger charge is 2.07. The van der Waals surface area contributed by atoms with Gasteiger partial charge in [-0.1, -0.05) is 6.07 Å². The highest BCUT2D eigenvalue weighted by Crippen LogP contribution is 2.27. The molecule has 0 aliphatic rings. The highest BCUT2D eigenvalue weighted by atomic mass is 79.9. The molecule has 0 aliphatic heterocycles. The Morgan fingerprint density at radius 3 is 2.90 bits per heavy atom. The summed E-state index contributed by atoms with van der Waals surface area (Å²) in [5.41, 5.74) is 1.26. The van der Waals surface area contributed by atoms with Crippen molar-refractivity contribution in [2.75, 3.05) is 13.7 Å². The van der Waals surface area contributed by atoms with Crippen molar-refractivity contribution < 1.29 is 4.74 Å². The fourth-order valence-corrected chi connectivity index (χ4v) is 2.79. The van der Waals surface area contributed by atoms with E-state index in [0.717, 1.165) is 36.2 Å². The van der Waals surface area contributed by atoms with Gasteiger partial charge in [0.2, 0.25) is 0 Å². The van der Waals surface area contributed by atoms with Gasteiger partial charge in [0.05, 0.1) is 17.9 Å². The number of nitrogens with zero attached hydrogens (tertiary/aromatic N) is 2. The molecule has 0 saturated carbocycles. The van der Waals surface area contributed by atoms with Crippen LogP contribution in [0.15, 0.2) is 41.4 Å². The second-order valence-electron chi connectivity index (χ2n) is 5.08. The Kier molecular flexibility index (Phi) is 6.26. The number of aryl methyl sites for hydroxylation is 1. The van der Waals surface area contributed by atoms with Crippen LogP contribution in [0.1, 0.15) is 31.4 Å². The van der Waals surface area contributed by atoms with Crippen molar-refractivity contribution >= 4 is 15.9 Å². The molecular weight excluding hydrogens is 330 g/mol. The molecule has 2 aromatic rings. The van der Waals surface area contributed by atoms with E-state index < -0.39 is 0 Å². The van der Waals surface area contributed by atoms with Gasteiger partial charge in [0.25, 0.3) is 0 Å². The number of hydrogen-bond donors (Lipinski definition) is 1. The van der Waals surface area contributed by atoms with Crippen LogP contribution in [0.25, 0.3) is 0 Å². The second-order valence-corrected chi connectivity index (χ2v) is 5.93. The molecule has 1 unspecified atom stereocenters. The SMILES string of the molecule is COc1ccc(C(C)NCCCCn2ccnc2)cc1Br. The maximum absolute atomic E-state index is 5.25. The molecule has 0 radical (unpaired) electrons. The zero-order valence-electron chi connectivity index (χ0n) is 12.6. The molecule has 0 aliphatic carbocycles. The Labute approximate surface area is 134 Å². The number of rotatable bonds is 8. The van der Waals surface area contributed by atoms with Crippen LogP contribution < -0.4 is 10.1 Å².